The summed E-state index contributed by atoms with van der Waals surface area (Å²) in [5.74, 6) is 0.384. The highest BCUT2D eigenvalue weighted by Gasteiger charge is 2.24. The largest absolute Gasteiger partial charge is 0.333 e. The van der Waals surface area contributed by atoms with E-state index in [9.17, 15) is 14.4 Å². The molecule has 3 aromatic rings. The summed E-state index contributed by atoms with van der Waals surface area (Å²) in [5, 5.41) is 0. The molecule has 25 heavy (non-hydrogen) atoms. The lowest BCUT2D eigenvalue weighted by Gasteiger charge is -2.13. The molecule has 0 N–H and O–H groups in total. The van der Waals surface area contributed by atoms with Crippen LogP contribution in [0.1, 0.15) is 51.9 Å². The lowest BCUT2D eigenvalue weighted by atomic mass is 10.2. The highest BCUT2D eigenvalue weighted by atomic mass is 16.2. The zero-order valence-electron chi connectivity index (χ0n) is 15.4. The highest BCUT2D eigenvalue weighted by Crippen LogP contribution is 2.22. The first kappa shape index (κ1) is 17.2. The molecule has 0 spiro atoms. The molecule has 0 aliphatic rings. The Balaban J connectivity index is 2.51. The fourth-order valence-corrected chi connectivity index (χ4v) is 3.24. The molecule has 0 aromatic carbocycles. The summed E-state index contributed by atoms with van der Waals surface area (Å²) >= 11 is 0. The molecule has 8 nitrogen and oxygen atoms in total. The van der Waals surface area contributed by atoms with Crippen molar-refractivity contribution >= 4 is 22.7 Å². The van der Waals surface area contributed by atoms with E-state index in [0.717, 1.165) is 16.7 Å². The second kappa shape index (κ2) is 5.72. The summed E-state index contributed by atoms with van der Waals surface area (Å²) in [6.45, 7) is 9.06. The SMILES string of the molecule is CC[C@@H](C)n1c(C)cn2c3c(=O)n([C@@H](C)C(C)=O)c(=O)n(C)c3nc12. The van der Waals surface area contributed by atoms with Crippen LogP contribution in [-0.2, 0) is 11.8 Å². The molecule has 3 rings (SSSR count). The maximum Gasteiger partial charge on any atom is 0.333 e. The summed E-state index contributed by atoms with van der Waals surface area (Å²) in [4.78, 5) is 41.9. The highest BCUT2D eigenvalue weighted by molar-refractivity contribution is 5.80. The summed E-state index contributed by atoms with van der Waals surface area (Å²) in [7, 11) is 1.57. The molecule has 0 saturated heterocycles. The van der Waals surface area contributed by atoms with Crippen molar-refractivity contribution in [2.45, 2.75) is 53.1 Å². The van der Waals surface area contributed by atoms with Gasteiger partial charge < -0.3 is 4.57 Å². The molecule has 0 fully saturated rings. The minimum atomic E-state index is -0.820. The number of carbonyl (C=O) groups excluding carboxylic acids is 1. The summed E-state index contributed by atoms with van der Waals surface area (Å²) < 4.78 is 6.12. The quantitative estimate of drug-likeness (QED) is 0.719. The van der Waals surface area contributed by atoms with Crippen molar-refractivity contribution in [3.05, 3.63) is 32.7 Å². The first-order valence-electron chi connectivity index (χ1n) is 8.42. The van der Waals surface area contributed by atoms with E-state index >= 15 is 0 Å². The monoisotopic (exact) mass is 345 g/mol. The van der Waals surface area contributed by atoms with Crippen LogP contribution in [-0.4, -0.2) is 28.9 Å². The van der Waals surface area contributed by atoms with Crippen LogP contribution in [0.2, 0.25) is 0 Å². The van der Waals surface area contributed by atoms with Gasteiger partial charge in [0, 0.05) is 25.0 Å². The average Bonchev–Trinajstić information content (AvgIpc) is 3.06. The summed E-state index contributed by atoms with van der Waals surface area (Å²) in [6, 6.07) is -0.608. The Morgan fingerprint density at radius 2 is 1.88 bits per heavy atom. The van der Waals surface area contributed by atoms with Crippen molar-refractivity contribution in [3.8, 4) is 0 Å². The third kappa shape index (κ3) is 2.27. The second-order valence-corrected chi connectivity index (χ2v) is 6.66. The van der Waals surface area contributed by atoms with Crippen molar-refractivity contribution in [1.29, 1.82) is 0 Å². The van der Waals surface area contributed by atoms with Gasteiger partial charge in [0.2, 0.25) is 5.78 Å². The van der Waals surface area contributed by atoms with Gasteiger partial charge in [-0.1, -0.05) is 6.92 Å². The molecule has 0 radical (unpaired) electrons. The molecule has 0 bridgehead atoms. The minimum Gasteiger partial charge on any atom is -0.311 e. The molecule has 134 valence electrons. The fourth-order valence-electron chi connectivity index (χ4n) is 3.24. The first-order valence-corrected chi connectivity index (χ1v) is 8.42. The maximum absolute atomic E-state index is 13.0. The molecular formula is C17H23N5O3. The van der Waals surface area contributed by atoms with Crippen LogP contribution in [0.4, 0.5) is 0 Å². The van der Waals surface area contributed by atoms with Crippen LogP contribution in [0, 0.1) is 6.92 Å². The Kier molecular flexibility index (Phi) is 3.93. The molecule has 8 heteroatoms. The van der Waals surface area contributed by atoms with Crippen LogP contribution in [0.5, 0.6) is 0 Å². The van der Waals surface area contributed by atoms with Crippen LogP contribution >= 0.6 is 0 Å². The molecule has 0 saturated carbocycles. The van der Waals surface area contributed by atoms with Crippen LogP contribution in [0.25, 0.3) is 16.9 Å². The zero-order chi connectivity index (χ0) is 18.6. The Morgan fingerprint density at radius 3 is 2.44 bits per heavy atom. The number of rotatable bonds is 4. The van der Waals surface area contributed by atoms with Gasteiger partial charge in [0.05, 0.1) is 6.04 Å². The van der Waals surface area contributed by atoms with Crippen LogP contribution in [0.15, 0.2) is 15.8 Å². The number of aromatic nitrogens is 5. The lowest BCUT2D eigenvalue weighted by molar-refractivity contribution is -0.119. The van der Waals surface area contributed by atoms with E-state index < -0.39 is 17.3 Å². The van der Waals surface area contributed by atoms with Crippen LogP contribution < -0.4 is 11.2 Å². The number of fused-ring (bicyclic) bond motifs is 3. The average molecular weight is 345 g/mol. The van der Waals surface area contributed by atoms with Gasteiger partial charge >= 0.3 is 5.69 Å². The second-order valence-electron chi connectivity index (χ2n) is 6.66. The number of ketones is 1. The molecule has 2 atom stereocenters. The third-order valence-electron chi connectivity index (χ3n) is 5.02. The number of carbonyl (C=O) groups is 1. The van der Waals surface area contributed by atoms with Gasteiger partial charge in [-0.3, -0.25) is 18.6 Å². The summed E-state index contributed by atoms with van der Waals surface area (Å²) in [6.07, 6.45) is 2.77. The minimum absolute atomic E-state index is 0.213. The van der Waals surface area contributed by atoms with Crippen molar-refractivity contribution in [1.82, 2.24) is 23.1 Å². The smallest absolute Gasteiger partial charge is 0.311 e. The van der Waals surface area contributed by atoms with Gasteiger partial charge in [0.25, 0.3) is 5.56 Å². The molecule has 0 aliphatic heterocycles. The van der Waals surface area contributed by atoms with E-state index in [2.05, 4.69) is 23.4 Å². The van der Waals surface area contributed by atoms with Gasteiger partial charge in [-0.05, 0) is 34.1 Å². The van der Waals surface area contributed by atoms with E-state index in [1.807, 2.05) is 13.1 Å². The first-order chi connectivity index (χ1) is 11.7. The van der Waals surface area contributed by atoms with E-state index in [1.54, 1.807) is 18.4 Å². The van der Waals surface area contributed by atoms with Crippen molar-refractivity contribution < 1.29 is 4.79 Å². The normalized spacial score (nSPS) is 14.3. The molecule has 3 aromatic heterocycles. The Hall–Kier alpha value is -2.64. The topological polar surface area (TPSA) is 83.3 Å². The van der Waals surface area contributed by atoms with Crippen molar-refractivity contribution in [2.75, 3.05) is 0 Å². The third-order valence-corrected chi connectivity index (χ3v) is 5.02. The summed E-state index contributed by atoms with van der Waals surface area (Å²) in [5.41, 5.74) is 0.602. The molecule has 0 unspecified atom stereocenters. The molecule has 3 heterocycles. The predicted molar refractivity (Wildman–Crippen MR) is 95.3 cm³/mol. The van der Waals surface area contributed by atoms with E-state index in [1.165, 1.54) is 11.5 Å². The molecule has 0 aliphatic carbocycles. The van der Waals surface area contributed by atoms with Crippen LogP contribution in [0.3, 0.4) is 0 Å². The Bertz CT molecular complexity index is 1110. The Morgan fingerprint density at radius 1 is 1.24 bits per heavy atom. The number of hydrogen-bond donors (Lipinski definition) is 0. The van der Waals surface area contributed by atoms with Gasteiger partial charge in [-0.2, -0.15) is 4.98 Å². The molecule has 0 amide bonds. The van der Waals surface area contributed by atoms with Gasteiger partial charge in [-0.25, -0.2) is 9.36 Å². The predicted octanol–water partition coefficient (Wildman–Crippen LogP) is 1.58. The number of imidazole rings is 2. The number of aryl methyl sites for hydroxylation is 2. The van der Waals surface area contributed by atoms with Gasteiger partial charge in [0.15, 0.2) is 16.9 Å². The van der Waals surface area contributed by atoms with Gasteiger partial charge in [-0.15, -0.1) is 0 Å². The number of hydrogen-bond acceptors (Lipinski definition) is 4. The Labute approximate surface area is 144 Å². The number of Topliss-reactive ketones (excluding diaryl/α,β-unsaturated/α-hetero) is 1. The fraction of sp³-hybridized carbons (Fsp3) is 0.529. The lowest BCUT2D eigenvalue weighted by Crippen LogP contribution is -2.42. The van der Waals surface area contributed by atoms with E-state index in [4.69, 9.17) is 0 Å². The standard InChI is InChI=1S/C17H23N5O3/c1-7-9(2)21-10(3)8-20-13-14(18-16(20)21)19(6)17(25)22(15(13)24)11(4)12(5)23/h8-9,11H,7H2,1-6H3/t9-,11+/m1/s1. The molecular weight excluding hydrogens is 322 g/mol. The zero-order valence-corrected chi connectivity index (χ0v) is 15.4. The van der Waals surface area contributed by atoms with Gasteiger partial charge in [0.1, 0.15) is 0 Å². The number of nitrogens with zero attached hydrogens (tertiary/aromatic N) is 5. The van der Waals surface area contributed by atoms with Crippen molar-refractivity contribution in [2.24, 2.45) is 7.05 Å². The van der Waals surface area contributed by atoms with E-state index in [0.29, 0.717) is 16.9 Å². The van der Waals surface area contributed by atoms with E-state index in [-0.39, 0.29) is 11.8 Å². The van der Waals surface area contributed by atoms with Crippen molar-refractivity contribution in [3.63, 3.8) is 0 Å². The maximum atomic E-state index is 13.0.